The Labute approximate surface area is 212 Å². The predicted octanol–water partition coefficient (Wildman–Crippen LogP) is 6.15. The van der Waals surface area contributed by atoms with E-state index >= 15 is 0 Å². The molecule has 0 atom stereocenters. The molecular formula is C27H30ClN5S. The molecule has 7 heteroatoms. The second-order valence-corrected chi connectivity index (χ2v) is 10.3. The summed E-state index contributed by atoms with van der Waals surface area (Å²) < 4.78 is 0. The van der Waals surface area contributed by atoms with Gasteiger partial charge in [0.1, 0.15) is 5.82 Å². The molecule has 2 aliphatic rings. The van der Waals surface area contributed by atoms with Crippen LogP contribution >= 0.6 is 23.8 Å². The van der Waals surface area contributed by atoms with Crippen molar-refractivity contribution in [3.63, 3.8) is 0 Å². The molecule has 0 saturated heterocycles. The van der Waals surface area contributed by atoms with Gasteiger partial charge >= 0.3 is 0 Å². The van der Waals surface area contributed by atoms with Crippen LogP contribution in [0.15, 0.2) is 54.6 Å². The molecular weight excluding hydrogens is 462 g/mol. The standard InChI is InChI=1S/C27H30ClN5S/c1-19-14-24(33-16-20-8-3-4-9-21(20)17-33)31-25(30-19)32-26(34)29-18-27(12-5-2-6-13-27)22-10-7-11-23(28)15-22/h3-4,7-11,14-15H,2,5-6,12-13,16-18H2,1H3,(H2,29,30,31,32,34). The lowest BCUT2D eigenvalue weighted by Gasteiger charge is -2.38. The van der Waals surface area contributed by atoms with Crippen molar-refractivity contribution < 1.29 is 0 Å². The molecule has 1 aromatic heterocycles. The molecule has 0 amide bonds. The number of fused-ring (bicyclic) bond motifs is 1. The number of thiocarbonyl (C=S) groups is 1. The highest BCUT2D eigenvalue weighted by Gasteiger charge is 2.34. The fraction of sp³-hybridized carbons (Fsp3) is 0.370. The first-order valence-corrected chi connectivity index (χ1v) is 12.8. The maximum absolute atomic E-state index is 6.33. The number of halogens is 1. The Kier molecular flexibility index (Phi) is 6.70. The van der Waals surface area contributed by atoms with E-state index in [0.717, 1.165) is 49.0 Å². The van der Waals surface area contributed by atoms with Crippen LogP contribution in [0.25, 0.3) is 0 Å². The van der Waals surface area contributed by atoms with Gasteiger partial charge in [-0.3, -0.25) is 0 Å². The molecule has 34 heavy (non-hydrogen) atoms. The molecule has 3 aromatic rings. The van der Waals surface area contributed by atoms with E-state index in [1.54, 1.807) is 0 Å². The molecule has 5 nitrogen and oxygen atoms in total. The van der Waals surface area contributed by atoms with Crippen LogP contribution in [0, 0.1) is 6.92 Å². The number of rotatable bonds is 5. The minimum absolute atomic E-state index is 0.0365. The van der Waals surface area contributed by atoms with Crippen molar-refractivity contribution in [1.82, 2.24) is 15.3 Å². The van der Waals surface area contributed by atoms with E-state index in [2.05, 4.69) is 56.9 Å². The molecule has 0 unspecified atom stereocenters. The Hall–Kier alpha value is -2.70. The van der Waals surface area contributed by atoms with Crippen molar-refractivity contribution in [2.75, 3.05) is 16.8 Å². The van der Waals surface area contributed by atoms with Crippen molar-refractivity contribution >= 4 is 40.7 Å². The van der Waals surface area contributed by atoms with Gasteiger partial charge < -0.3 is 15.5 Å². The molecule has 1 aliphatic carbocycles. The van der Waals surface area contributed by atoms with Gasteiger partial charge in [0, 0.05) is 41.8 Å². The van der Waals surface area contributed by atoms with Crippen LogP contribution < -0.4 is 15.5 Å². The van der Waals surface area contributed by atoms with Gasteiger partial charge in [-0.25, -0.2) is 4.98 Å². The highest BCUT2D eigenvalue weighted by molar-refractivity contribution is 7.80. The monoisotopic (exact) mass is 491 g/mol. The van der Waals surface area contributed by atoms with Gasteiger partial charge in [0.05, 0.1) is 0 Å². The number of nitrogens with zero attached hydrogens (tertiary/aromatic N) is 3. The minimum atomic E-state index is 0.0365. The van der Waals surface area contributed by atoms with Gasteiger partial charge in [-0.2, -0.15) is 4.98 Å². The molecule has 1 saturated carbocycles. The average molecular weight is 492 g/mol. The zero-order valence-electron chi connectivity index (χ0n) is 19.5. The number of hydrogen-bond donors (Lipinski definition) is 2. The normalized spacial score (nSPS) is 16.7. The Balaban J connectivity index is 1.27. The second-order valence-electron chi connectivity index (χ2n) is 9.47. The first kappa shape index (κ1) is 23.1. The van der Waals surface area contributed by atoms with Crippen molar-refractivity contribution in [3.8, 4) is 0 Å². The van der Waals surface area contributed by atoms with Crippen LogP contribution in [0.3, 0.4) is 0 Å². The van der Waals surface area contributed by atoms with Crippen molar-refractivity contribution in [1.29, 1.82) is 0 Å². The van der Waals surface area contributed by atoms with Crippen LogP contribution in [0.4, 0.5) is 11.8 Å². The van der Waals surface area contributed by atoms with E-state index < -0.39 is 0 Å². The summed E-state index contributed by atoms with van der Waals surface area (Å²) >= 11 is 12.0. The number of aromatic nitrogens is 2. The Morgan fingerprint density at radius 1 is 1.00 bits per heavy atom. The number of nitrogens with one attached hydrogen (secondary N) is 2. The lowest BCUT2D eigenvalue weighted by atomic mass is 9.69. The molecule has 1 aliphatic heterocycles. The minimum Gasteiger partial charge on any atom is -0.361 e. The molecule has 1 fully saturated rings. The number of hydrogen-bond acceptors (Lipinski definition) is 4. The quantitative estimate of drug-likeness (QED) is 0.417. The van der Waals surface area contributed by atoms with E-state index in [9.17, 15) is 0 Å². The smallest absolute Gasteiger partial charge is 0.231 e. The third kappa shape index (κ3) is 5.03. The van der Waals surface area contributed by atoms with Gasteiger partial charge in [-0.05, 0) is 60.8 Å². The summed E-state index contributed by atoms with van der Waals surface area (Å²) in [6.45, 7) is 4.47. The number of benzene rings is 2. The van der Waals surface area contributed by atoms with E-state index in [-0.39, 0.29) is 5.41 Å². The van der Waals surface area contributed by atoms with E-state index in [0.29, 0.717) is 11.1 Å². The summed E-state index contributed by atoms with van der Waals surface area (Å²) in [6, 6.07) is 18.9. The lowest BCUT2D eigenvalue weighted by Crippen LogP contribution is -2.43. The van der Waals surface area contributed by atoms with Crippen molar-refractivity contribution in [3.05, 3.63) is 82.0 Å². The molecule has 0 bridgehead atoms. The molecule has 2 N–H and O–H groups in total. The molecule has 5 rings (SSSR count). The van der Waals surface area contributed by atoms with Gasteiger partial charge in [-0.15, -0.1) is 0 Å². The zero-order chi connectivity index (χ0) is 23.5. The molecule has 176 valence electrons. The SMILES string of the molecule is Cc1cc(N2Cc3ccccc3C2)nc(NC(=S)NCC2(c3cccc(Cl)c3)CCCCC2)n1. The van der Waals surface area contributed by atoms with Crippen LogP contribution in [0.1, 0.15) is 54.5 Å². The first-order valence-electron chi connectivity index (χ1n) is 12.0. The van der Waals surface area contributed by atoms with Crippen molar-refractivity contribution in [2.24, 2.45) is 0 Å². The highest BCUT2D eigenvalue weighted by atomic mass is 35.5. The van der Waals surface area contributed by atoms with Gasteiger partial charge in [-0.1, -0.05) is 67.3 Å². The molecule has 2 aromatic carbocycles. The summed E-state index contributed by atoms with van der Waals surface area (Å²) in [4.78, 5) is 11.6. The zero-order valence-corrected chi connectivity index (χ0v) is 21.1. The lowest BCUT2D eigenvalue weighted by molar-refractivity contribution is 0.292. The fourth-order valence-corrected chi connectivity index (χ4v) is 5.63. The number of aryl methyl sites for hydroxylation is 1. The van der Waals surface area contributed by atoms with Crippen molar-refractivity contribution in [2.45, 2.75) is 57.5 Å². The maximum atomic E-state index is 6.33. The van der Waals surface area contributed by atoms with Crippen LogP contribution in [0.2, 0.25) is 5.02 Å². The average Bonchev–Trinajstić information content (AvgIpc) is 3.28. The van der Waals surface area contributed by atoms with Gasteiger partial charge in [0.25, 0.3) is 0 Å². The fourth-order valence-electron chi connectivity index (χ4n) is 5.27. The topological polar surface area (TPSA) is 53.1 Å². The first-order chi connectivity index (χ1) is 16.5. The molecule has 0 radical (unpaired) electrons. The summed E-state index contributed by atoms with van der Waals surface area (Å²) in [5.41, 5.74) is 4.94. The highest BCUT2D eigenvalue weighted by Crippen LogP contribution is 2.39. The summed E-state index contributed by atoms with van der Waals surface area (Å²) in [7, 11) is 0. The Bertz CT molecular complexity index is 1170. The predicted molar refractivity (Wildman–Crippen MR) is 144 cm³/mol. The van der Waals surface area contributed by atoms with Crippen LogP contribution in [0.5, 0.6) is 0 Å². The van der Waals surface area contributed by atoms with Crippen LogP contribution in [-0.4, -0.2) is 21.6 Å². The third-order valence-electron chi connectivity index (χ3n) is 7.07. The Morgan fingerprint density at radius 3 is 2.44 bits per heavy atom. The summed E-state index contributed by atoms with van der Waals surface area (Å²) in [5, 5.41) is 8.03. The Morgan fingerprint density at radius 2 is 1.74 bits per heavy atom. The second kappa shape index (κ2) is 9.88. The third-order valence-corrected chi connectivity index (χ3v) is 7.55. The largest absolute Gasteiger partial charge is 0.361 e. The maximum Gasteiger partial charge on any atom is 0.231 e. The molecule has 2 heterocycles. The summed E-state index contributed by atoms with van der Waals surface area (Å²) in [6.07, 6.45) is 5.98. The number of anilines is 2. The van der Waals surface area contributed by atoms with Crippen LogP contribution in [-0.2, 0) is 18.5 Å². The molecule has 0 spiro atoms. The van der Waals surface area contributed by atoms with E-state index in [1.165, 1.54) is 36.0 Å². The van der Waals surface area contributed by atoms with Gasteiger partial charge in [0.2, 0.25) is 5.95 Å². The summed E-state index contributed by atoms with van der Waals surface area (Å²) in [5.74, 6) is 1.44. The van der Waals surface area contributed by atoms with E-state index in [1.807, 2.05) is 25.1 Å². The van der Waals surface area contributed by atoms with Gasteiger partial charge in [0.15, 0.2) is 5.11 Å². The van der Waals surface area contributed by atoms with E-state index in [4.69, 9.17) is 28.8 Å².